The van der Waals surface area contributed by atoms with Crippen LogP contribution in [0.1, 0.15) is 30.5 Å². The minimum absolute atomic E-state index is 0.310. The molecule has 1 unspecified atom stereocenters. The lowest BCUT2D eigenvalue weighted by Gasteiger charge is -2.13. The highest BCUT2D eigenvalue weighted by Crippen LogP contribution is 2.13. The third kappa shape index (κ3) is 6.28. The van der Waals surface area contributed by atoms with Gasteiger partial charge in [0.05, 0.1) is 5.71 Å². The van der Waals surface area contributed by atoms with Gasteiger partial charge in [0.15, 0.2) is 6.10 Å². The second kappa shape index (κ2) is 10.1. The van der Waals surface area contributed by atoms with Gasteiger partial charge in [-0.05, 0) is 48.7 Å². The average molecular weight is 420 g/mol. The highest BCUT2D eigenvalue weighted by atomic mass is 79.9. The van der Waals surface area contributed by atoms with Crippen molar-refractivity contribution in [3.63, 3.8) is 0 Å². The quantitative estimate of drug-likeness (QED) is 0.482. The van der Waals surface area contributed by atoms with E-state index in [2.05, 4.69) is 21.1 Å². The molecule has 2 rings (SSSR count). The van der Waals surface area contributed by atoms with Gasteiger partial charge in [0.2, 0.25) is 0 Å². The molecule has 6 heteroatoms. The summed E-state index contributed by atoms with van der Waals surface area (Å²) >= 11 is 3.40. The zero-order valence-corrected chi connectivity index (χ0v) is 16.4. The fraction of sp³-hybridized carbons (Fsp3) is 0.300. The highest BCUT2D eigenvalue weighted by Gasteiger charge is 2.18. The van der Waals surface area contributed by atoms with Crippen molar-refractivity contribution in [3.8, 4) is 0 Å². The van der Waals surface area contributed by atoms with Gasteiger partial charge in [-0.25, -0.2) is 4.79 Å². The van der Waals surface area contributed by atoms with Crippen LogP contribution in [-0.2, 0) is 27.4 Å². The van der Waals surface area contributed by atoms with Crippen LogP contribution < -0.4 is 0 Å². The van der Waals surface area contributed by atoms with Gasteiger partial charge in [-0.2, -0.15) is 0 Å². The van der Waals surface area contributed by atoms with E-state index in [0.717, 1.165) is 26.9 Å². The Morgan fingerprint density at radius 2 is 1.92 bits per heavy atom. The SMILES string of the molecule is CCOC(Cc1cccc(/C(C)=N/OCc2ccc(Br)cc2)c1)C(=O)O. The van der Waals surface area contributed by atoms with Gasteiger partial charge in [0.1, 0.15) is 6.61 Å². The summed E-state index contributed by atoms with van der Waals surface area (Å²) in [5, 5.41) is 13.4. The van der Waals surface area contributed by atoms with Gasteiger partial charge in [-0.3, -0.25) is 0 Å². The molecule has 0 aliphatic heterocycles. The monoisotopic (exact) mass is 419 g/mol. The Labute approximate surface area is 161 Å². The molecule has 0 fully saturated rings. The Balaban J connectivity index is 2.00. The van der Waals surface area contributed by atoms with E-state index < -0.39 is 12.1 Å². The van der Waals surface area contributed by atoms with Gasteiger partial charge in [0.25, 0.3) is 0 Å². The van der Waals surface area contributed by atoms with Crippen molar-refractivity contribution in [3.05, 3.63) is 69.7 Å². The Kier molecular flexibility index (Phi) is 7.81. The Hall–Kier alpha value is -2.18. The van der Waals surface area contributed by atoms with Crippen LogP contribution in [0.3, 0.4) is 0 Å². The molecule has 0 amide bonds. The van der Waals surface area contributed by atoms with Crippen LogP contribution in [0.5, 0.6) is 0 Å². The topological polar surface area (TPSA) is 68.1 Å². The molecule has 0 radical (unpaired) electrons. The molecule has 0 spiro atoms. The molecule has 2 aromatic rings. The minimum Gasteiger partial charge on any atom is -0.479 e. The summed E-state index contributed by atoms with van der Waals surface area (Å²) in [6, 6.07) is 15.4. The molecule has 138 valence electrons. The number of carboxylic acids is 1. The number of rotatable bonds is 9. The fourth-order valence-electron chi connectivity index (χ4n) is 2.39. The molecule has 0 heterocycles. The molecule has 5 nitrogen and oxygen atoms in total. The van der Waals surface area contributed by atoms with Crippen LogP contribution in [-0.4, -0.2) is 29.5 Å². The summed E-state index contributed by atoms with van der Waals surface area (Å²) in [7, 11) is 0. The maximum absolute atomic E-state index is 11.2. The molecule has 0 saturated heterocycles. The first-order valence-electron chi connectivity index (χ1n) is 8.34. The van der Waals surface area contributed by atoms with Crippen LogP contribution in [0.4, 0.5) is 0 Å². The summed E-state index contributed by atoms with van der Waals surface area (Å²) in [5.41, 5.74) is 3.52. The van der Waals surface area contributed by atoms with Crippen molar-refractivity contribution in [1.29, 1.82) is 0 Å². The molecular formula is C20H22BrNO4. The molecule has 26 heavy (non-hydrogen) atoms. The molecule has 0 bridgehead atoms. The lowest BCUT2D eigenvalue weighted by molar-refractivity contribution is -0.149. The Bertz CT molecular complexity index is 759. The largest absolute Gasteiger partial charge is 0.479 e. The van der Waals surface area contributed by atoms with Crippen LogP contribution in [0.25, 0.3) is 0 Å². The van der Waals surface area contributed by atoms with E-state index in [1.165, 1.54) is 0 Å². The number of nitrogens with zero attached hydrogens (tertiary/aromatic N) is 1. The summed E-state index contributed by atoms with van der Waals surface area (Å²) in [6.45, 7) is 4.39. The standard InChI is InChI=1S/C20H22BrNO4/c1-3-25-19(20(23)24)12-16-5-4-6-17(11-16)14(2)22-26-13-15-7-9-18(21)10-8-15/h4-11,19H,3,12-13H2,1-2H3,(H,23,24)/b22-14+. The number of carbonyl (C=O) groups is 1. The molecule has 0 saturated carbocycles. The van der Waals surface area contributed by atoms with Crippen molar-refractivity contribution < 1.29 is 19.5 Å². The number of halogens is 1. The Morgan fingerprint density at radius 3 is 2.58 bits per heavy atom. The number of ether oxygens (including phenoxy) is 1. The van der Waals surface area contributed by atoms with Gasteiger partial charge in [-0.15, -0.1) is 0 Å². The van der Waals surface area contributed by atoms with E-state index in [1.54, 1.807) is 6.92 Å². The smallest absolute Gasteiger partial charge is 0.333 e. The van der Waals surface area contributed by atoms with Gasteiger partial charge < -0.3 is 14.7 Å². The first kappa shape index (κ1) is 20.1. The fourth-order valence-corrected chi connectivity index (χ4v) is 2.66. The lowest BCUT2D eigenvalue weighted by atomic mass is 10.0. The van der Waals surface area contributed by atoms with Crippen molar-refractivity contribution in [2.24, 2.45) is 5.16 Å². The van der Waals surface area contributed by atoms with Crippen molar-refractivity contribution in [2.75, 3.05) is 6.61 Å². The van der Waals surface area contributed by atoms with E-state index in [-0.39, 0.29) is 0 Å². The van der Waals surface area contributed by atoms with E-state index in [4.69, 9.17) is 9.57 Å². The van der Waals surface area contributed by atoms with Crippen molar-refractivity contribution in [2.45, 2.75) is 33.0 Å². The number of hydrogen-bond donors (Lipinski definition) is 1. The number of oxime groups is 1. The number of carboxylic acid groups (broad SMARTS) is 1. The predicted molar refractivity (Wildman–Crippen MR) is 104 cm³/mol. The van der Waals surface area contributed by atoms with Gasteiger partial charge in [-0.1, -0.05) is 51.4 Å². The summed E-state index contributed by atoms with van der Waals surface area (Å²) in [4.78, 5) is 16.7. The van der Waals surface area contributed by atoms with Gasteiger partial charge in [0, 0.05) is 17.5 Å². The second-order valence-electron chi connectivity index (χ2n) is 5.76. The van der Waals surface area contributed by atoms with E-state index >= 15 is 0 Å². The van der Waals surface area contributed by atoms with Crippen molar-refractivity contribution in [1.82, 2.24) is 0 Å². The third-order valence-electron chi connectivity index (χ3n) is 3.76. The predicted octanol–water partition coefficient (Wildman–Crippen LogP) is 4.42. The molecular weight excluding hydrogens is 398 g/mol. The van der Waals surface area contributed by atoms with Crippen LogP contribution in [0.15, 0.2) is 58.2 Å². The lowest BCUT2D eigenvalue weighted by Crippen LogP contribution is -2.26. The molecule has 0 aliphatic rings. The zero-order chi connectivity index (χ0) is 18.9. The Morgan fingerprint density at radius 1 is 1.19 bits per heavy atom. The first-order chi connectivity index (χ1) is 12.5. The van der Waals surface area contributed by atoms with E-state index in [9.17, 15) is 9.90 Å². The molecule has 0 aliphatic carbocycles. The number of aliphatic carboxylic acids is 1. The average Bonchev–Trinajstić information content (AvgIpc) is 2.63. The van der Waals surface area contributed by atoms with E-state index in [1.807, 2.05) is 55.5 Å². The summed E-state index contributed by atoms with van der Waals surface area (Å²) in [6.07, 6.45) is -0.537. The second-order valence-corrected chi connectivity index (χ2v) is 6.68. The first-order valence-corrected chi connectivity index (χ1v) is 9.13. The maximum atomic E-state index is 11.2. The van der Waals surface area contributed by atoms with Crippen LogP contribution >= 0.6 is 15.9 Å². The highest BCUT2D eigenvalue weighted by molar-refractivity contribution is 9.10. The van der Waals surface area contributed by atoms with Gasteiger partial charge >= 0.3 is 5.97 Å². The zero-order valence-electron chi connectivity index (χ0n) is 14.8. The number of benzene rings is 2. The van der Waals surface area contributed by atoms with E-state index in [0.29, 0.717) is 19.6 Å². The summed E-state index contributed by atoms with van der Waals surface area (Å²) < 4.78 is 6.29. The van der Waals surface area contributed by atoms with Crippen LogP contribution in [0, 0.1) is 0 Å². The number of hydrogen-bond acceptors (Lipinski definition) is 4. The third-order valence-corrected chi connectivity index (χ3v) is 4.28. The molecule has 0 aromatic heterocycles. The molecule has 1 atom stereocenters. The normalized spacial score (nSPS) is 12.7. The maximum Gasteiger partial charge on any atom is 0.333 e. The summed E-state index contributed by atoms with van der Waals surface area (Å²) in [5.74, 6) is -0.958. The van der Waals surface area contributed by atoms with Crippen LogP contribution in [0.2, 0.25) is 0 Å². The minimum atomic E-state index is -0.958. The van der Waals surface area contributed by atoms with Crippen molar-refractivity contribution >= 4 is 27.6 Å². The molecule has 2 aromatic carbocycles. The molecule has 1 N–H and O–H groups in total.